The smallest absolute Gasteiger partial charge is 0.367 e. The van der Waals surface area contributed by atoms with Crippen LogP contribution in [0.25, 0.3) is 0 Å². The quantitative estimate of drug-likeness (QED) is 0.522. The molecule has 0 aromatic rings. The monoisotopic (exact) mass is 234 g/mol. The fourth-order valence-corrected chi connectivity index (χ4v) is 1.60. The molecule has 0 aromatic heterocycles. The molecule has 15 heavy (non-hydrogen) atoms. The highest BCUT2D eigenvalue weighted by molar-refractivity contribution is 8.13. The molecule has 1 atom stereocenters. The number of carbonyl (C=O) groups excluding carboxylic acids is 1. The molecule has 1 unspecified atom stereocenters. The Bertz CT molecular complexity index is 190. The number of carbonyl (C=O) groups is 1. The number of rotatable bonds is 6. The molecule has 90 valence electrons. The van der Waals surface area contributed by atoms with E-state index in [-0.39, 0.29) is 5.30 Å². The van der Waals surface area contributed by atoms with Gasteiger partial charge in [0.15, 0.2) is 0 Å². The van der Waals surface area contributed by atoms with E-state index in [9.17, 15) is 4.79 Å². The van der Waals surface area contributed by atoms with Crippen LogP contribution in [0.5, 0.6) is 0 Å². The van der Waals surface area contributed by atoms with Crippen LogP contribution in [0, 0.1) is 5.92 Å². The molecule has 0 bridgehead atoms. The maximum Gasteiger partial charge on any atom is 0.367 e. The Morgan fingerprint density at radius 2 is 2.00 bits per heavy atom. The van der Waals surface area contributed by atoms with E-state index >= 15 is 0 Å². The first-order valence-electron chi connectivity index (χ1n) is 5.45. The maximum atomic E-state index is 11.3. The van der Waals surface area contributed by atoms with Gasteiger partial charge in [0.05, 0.1) is 21.1 Å². The summed E-state index contributed by atoms with van der Waals surface area (Å²) in [5.74, 6) is 1.45. The summed E-state index contributed by atoms with van der Waals surface area (Å²) < 4.78 is 5.94. The average Bonchev–Trinajstić information content (AvgIpc) is 2.12. The lowest BCUT2D eigenvalue weighted by Gasteiger charge is -2.23. The van der Waals surface area contributed by atoms with Gasteiger partial charge in [-0.1, -0.05) is 20.3 Å². The van der Waals surface area contributed by atoms with Gasteiger partial charge in [0.1, 0.15) is 13.2 Å². The normalized spacial score (nSPS) is 13.7. The summed E-state index contributed by atoms with van der Waals surface area (Å²) in [7, 11) is 6.25. The molecule has 0 radical (unpaired) electrons. The molecule has 0 aliphatic heterocycles. The van der Waals surface area contributed by atoms with Crippen molar-refractivity contribution in [3.63, 3.8) is 0 Å². The van der Waals surface area contributed by atoms with Crippen molar-refractivity contribution in [3.05, 3.63) is 0 Å². The van der Waals surface area contributed by atoms with E-state index in [1.54, 1.807) is 0 Å². The highest BCUT2D eigenvalue weighted by Gasteiger charge is 2.10. The molecule has 0 rings (SSSR count). The topological polar surface area (TPSA) is 26.3 Å². The van der Waals surface area contributed by atoms with Crippen molar-refractivity contribution in [2.24, 2.45) is 5.92 Å². The van der Waals surface area contributed by atoms with Gasteiger partial charge in [-0.3, -0.25) is 0 Å². The van der Waals surface area contributed by atoms with Crippen molar-refractivity contribution in [3.8, 4) is 0 Å². The second kappa shape index (κ2) is 7.12. The molecule has 0 fully saturated rings. The standard InChI is InChI=1S/C11H24NO2S/c1-6-10(2)9-15-11(13)14-8-7-12(3,4)5/h10H,6-9H2,1-5H3/q+1. The minimum atomic E-state index is -0.135. The van der Waals surface area contributed by atoms with Crippen molar-refractivity contribution in [2.45, 2.75) is 20.3 Å². The number of nitrogens with zero attached hydrogens (tertiary/aromatic N) is 1. The van der Waals surface area contributed by atoms with Gasteiger partial charge >= 0.3 is 5.30 Å². The van der Waals surface area contributed by atoms with E-state index in [2.05, 4.69) is 35.0 Å². The van der Waals surface area contributed by atoms with Gasteiger partial charge in [0.25, 0.3) is 0 Å². The third-order valence-electron chi connectivity index (χ3n) is 2.16. The van der Waals surface area contributed by atoms with Crippen LogP contribution in [0.4, 0.5) is 4.79 Å². The summed E-state index contributed by atoms with van der Waals surface area (Å²) in [6.45, 7) is 5.64. The lowest BCUT2D eigenvalue weighted by atomic mass is 10.2. The van der Waals surface area contributed by atoms with E-state index in [0.29, 0.717) is 12.5 Å². The van der Waals surface area contributed by atoms with Crippen molar-refractivity contribution < 1.29 is 14.0 Å². The molecule has 0 aromatic carbocycles. The second-order valence-electron chi connectivity index (χ2n) is 4.94. The molecule has 0 aliphatic rings. The van der Waals surface area contributed by atoms with Gasteiger partial charge < -0.3 is 9.22 Å². The number of hydrogen-bond acceptors (Lipinski definition) is 3. The van der Waals surface area contributed by atoms with Gasteiger partial charge in [-0.15, -0.1) is 0 Å². The fraction of sp³-hybridized carbons (Fsp3) is 0.909. The minimum Gasteiger partial charge on any atom is -0.452 e. The molecule has 3 nitrogen and oxygen atoms in total. The Kier molecular flexibility index (Phi) is 7.02. The molecule has 0 amide bonds. The Hall–Kier alpha value is -0.220. The summed E-state index contributed by atoms with van der Waals surface area (Å²) in [5.41, 5.74) is 0. The highest BCUT2D eigenvalue weighted by Crippen LogP contribution is 2.13. The molecular weight excluding hydrogens is 210 g/mol. The fourth-order valence-electron chi connectivity index (χ4n) is 0.773. The number of ether oxygens (including phenoxy) is 1. The molecule has 0 saturated heterocycles. The molecule has 0 heterocycles. The number of likely N-dealkylation sites (N-methyl/N-ethyl adjacent to an activating group) is 1. The van der Waals surface area contributed by atoms with Gasteiger partial charge in [0, 0.05) is 5.75 Å². The van der Waals surface area contributed by atoms with Crippen LogP contribution in [0.1, 0.15) is 20.3 Å². The summed E-state index contributed by atoms with van der Waals surface area (Å²) >= 11 is 1.29. The average molecular weight is 234 g/mol. The van der Waals surface area contributed by atoms with Gasteiger partial charge in [0.2, 0.25) is 0 Å². The third kappa shape index (κ3) is 10.1. The van der Waals surface area contributed by atoms with Gasteiger partial charge in [-0.25, -0.2) is 4.79 Å². The zero-order chi connectivity index (χ0) is 11.9. The van der Waals surface area contributed by atoms with Crippen LogP contribution in [-0.4, -0.2) is 49.8 Å². The van der Waals surface area contributed by atoms with E-state index in [1.807, 2.05) is 0 Å². The number of hydrogen-bond donors (Lipinski definition) is 0. The largest absolute Gasteiger partial charge is 0.452 e. The third-order valence-corrected chi connectivity index (χ3v) is 3.25. The second-order valence-corrected chi connectivity index (χ2v) is 5.89. The lowest BCUT2D eigenvalue weighted by molar-refractivity contribution is -0.870. The van der Waals surface area contributed by atoms with Crippen LogP contribution in [-0.2, 0) is 4.74 Å². The Morgan fingerprint density at radius 3 is 2.47 bits per heavy atom. The molecule has 0 spiro atoms. The van der Waals surface area contributed by atoms with E-state index in [0.717, 1.165) is 23.2 Å². The summed E-state index contributed by atoms with van der Waals surface area (Å²) in [6, 6.07) is 0. The lowest BCUT2D eigenvalue weighted by Crippen LogP contribution is -2.37. The van der Waals surface area contributed by atoms with E-state index < -0.39 is 0 Å². The summed E-state index contributed by atoms with van der Waals surface area (Å²) in [5, 5.41) is -0.135. The first kappa shape index (κ1) is 14.8. The number of thioether (sulfide) groups is 1. The predicted molar refractivity (Wildman–Crippen MR) is 66.2 cm³/mol. The van der Waals surface area contributed by atoms with Gasteiger partial charge in [-0.2, -0.15) is 0 Å². The highest BCUT2D eigenvalue weighted by atomic mass is 32.2. The molecule has 0 aliphatic carbocycles. The summed E-state index contributed by atoms with van der Waals surface area (Å²) in [4.78, 5) is 11.3. The molecule has 4 heteroatoms. The van der Waals surface area contributed by atoms with Crippen LogP contribution < -0.4 is 0 Å². The first-order chi connectivity index (χ1) is 6.85. The predicted octanol–water partition coefficient (Wildman–Crippen LogP) is 2.61. The van der Waals surface area contributed by atoms with Crippen molar-refractivity contribution >= 4 is 17.1 Å². The Labute approximate surface area is 97.8 Å². The molecular formula is C11H24NO2S+. The maximum absolute atomic E-state index is 11.3. The first-order valence-corrected chi connectivity index (χ1v) is 6.43. The minimum absolute atomic E-state index is 0.135. The zero-order valence-electron chi connectivity index (χ0n) is 10.6. The van der Waals surface area contributed by atoms with Crippen LogP contribution >= 0.6 is 11.8 Å². The van der Waals surface area contributed by atoms with Gasteiger partial charge in [-0.05, 0) is 17.7 Å². The molecule has 0 saturated carbocycles. The van der Waals surface area contributed by atoms with Crippen LogP contribution in [0.2, 0.25) is 0 Å². The SMILES string of the molecule is CCC(C)CSC(=O)OCC[N+](C)(C)C. The van der Waals surface area contributed by atoms with Crippen LogP contribution in [0.3, 0.4) is 0 Å². The van der Waals surface area contributed by atoms with Crippen molar-refractivity contribution in [1.82, 2.24) is 0 Å². The number of quaternary nitrogens is 1. The molecule has 0 N–H and O–H groups in total. The van der Waals surface area contributed by atoms with Crippen molar-refractivity contribution in [2.75, 3.05) is 40.0 Å². The van der Waals surface area contributed by atoms with E-state index in [1.165, 1.54) is 11.8 Å². The van der Waals surface area contributed by atoms with Crippen molar-refractivity contribution in [1.29, 1.82) is 0 Å². The Morgan fingerprint density at radius 1 is 1.40 bits per heavy atom. The zero-order valence-corrected chi connectivity index (χ0v) is 11.4. The van der Waals surface area contributed by atoms with Crippen LogP contribution in [0.15, 0.2) is 0 Å². The van der Waals surface area contributed by atoms with E-state index in [4.69, 9.17) is 4.74 Å². The Balaban J connectivity index is 3.50. The summed E-state index contributed by atoms with van der Waals surface area (Å²) in [6.07, 6.45) is 1.11.